The van der Waals surface area contributed by atoms with Crippen molar-refractivity contribution in [2.75, 3.05) is 6.61 Å². The third kappa shape index (κ3) is 4.36. The number of carbonyl (C=O) groups is 2. The van der Waals surface area contributed by atoms with Crippen LogP contribution in [0.3, 0.4) is 0 Å². The molecule has 64 valence electrons. The van der Waals surface area contributed by atoms with Crippen LogP contribution in [0.1, 0.15) is 20.3 Å². The summed E-state index contributed by atoms with van der Waals surface area (Å²) < 4.78 is 4.54. The molecule has 0 radical (unpaired) electrons. The summed E-state index contributed by atoms with van der Waals surface area (Å²) in [4.78, 5) is 20.6. The van der Waals surface area contributed by atoms with Gasteiger partial charge < -0.3 is 9.84 Å². The molecule has 0 aliphatic carbocycles. The van der Waals surface area contributed by atoms with Crippen molar-refractivity contribution < 1.29 is 19.4 Å². The van der Waals surface area contributed by atoms with Gasteiger partial charge in [0, 0.05) is 6.92 Å². The van der Waals surface area contributed by atoms with Gasteiger partial charge in [-0.3, -0.25) is 9.59 Å². The molecule has 0 saturated heterocycles. The summed E-state index contributed by atoms with van der Waals surface area (Å²) in [5.74, 6) is -1.93. The van der Waals surface area contributed by atoms with Crippen molar-refractivity contribution in [3.63, 3.8) is 0 Å². The predicted octanol–water partition coefficient (Wildman–Crippen LogP) is 0.660. The second-order valence-electron chi connectivity index (χ2n) is 2.25. The number of carboxylic acid groups (broad SMARTS) is 1. The van der Waals surface area contributed by atoms with E-state index in [1.807, 2.05) is 0 Å². The molecule has 0 fully saturated rings. The van der Waals surface area contributed by atoms with Crippen molar-refractivity contribution in [2.45, 2.75) is 20.3 Å². The van der Waals surface area contributed by atoms with E-state index in [0.717, 1.165) is 0 Å². The van der Waals surface area contributed by atoms with Crippen molar-refractivity contribution in [1.82, 2.24) is 0 Å². The Kier molecular flexibility index (Phi) is 4.26. The van der Waals surface area contributed by atoms with Gasteiger partial charge in [0.05, 0.1) is 5.92 Å². The van der Waals surface area contributed by atoms with Gasteiger partial charge in [0.25, 0.3) is 0 Å². The van der Waals surface area contributed by atoms with Gasteiger partial charge in [-0.05, 0) is 6.42 Å². The highest BCUT2D eigenvalue weighted by molar-refractivity contribution is 5.71. The van der Waals surface area contributed by atoms with Crippen LogP contribution in [0.15, 0.2) is 0 Å². The molecule has 0 aliphatic heterocycles. The van der Waals surface area contributed by atoms with Crippen LogP contribution in [-0.2, 0) is 14.3 Å². The van der Waals surface area contributed by atoms with E-state index in [1.54, 1.807) is 6.92 Å². The lowest BCUT2D eigenvalue weighted by atomic mass is 10.1. The summed E-state index contributed by atoms with van der Waals surface area (Å²) in [6, 6.07) is 0. The summed E-state index contributed by atoms with van der Waals surface area (Å²) in [7, 11) is 0. The molecular weight excluding hydrogens is 148 g/mol. The fourth-order valence-corrected chi connectivity index (χ4v) is 0.582. The fourth-order valence-electron chi connectivity index (χ4n) is 0.582. The van der Waals surface area contributed by atoms with Crippen LogP contribution in [0.2, 0.25) is 0 Å². The Hall–Kier alpha value is -1.06. The van der Waals surface area contributed by atoms with Crippen LogP contribution in [0.5, 0.6) is 0 Å². The minimum Gasteiger partial charge on any atom is -0.481 e. The van der Waals surface area contributed by atoms with Gasteiger partial charge in [-0.25, -0.2) is 0 Å². The summed E-state index contributed by atoms with van der Waals surface area (Å²) >= 11 is 0. The molecule has 0 aliphatic rings. The topological polar surface area (TPSA) is 63.6 Å². The van der Waals surface area contributed by atoms with E-state index in [1.165, 1.54) is 6.92 Å². The fraction of sp³-hybridized carbons (Fsp3) is 0.714. The maximum absolute atomic E-state index is 10.4. The third-order valence-corrected chi connectivity index (χ3v) is 1.33. The first-order chi connectivity index (χ1) is 5.07. The van der Waals surface area contributed by atoms with E-state index in [-0.39, 0.29) is 6.61 Å². The van der Waals surface area contributed by atoms with Crippen molar-refractivity contribution >= 4 is 11.9 Å². The molecule has 0 saturated carbocycles. The Labute approximate surface area is 65.2 Å². The highest BCUT2D eigenvalue weighted by Crippen LogP contribution is 2.02. The molecular formula is C7H12O4. The van der Waals surface area contributed by atoms with Crippen molar-refractivity contribution in [3.8, 4) is 0 Å². The minimum atomic E-state index is -0.922. The number of esters is 1. The molecule has 0 aromatic carbocycles. The molecule has 1 N–H and O–H groups in total. The quantitative estimate of drug-likeness (QED) is 0.613. The van der Waals surface area contributed by atoms with Gasteiger partial charge in [0.1, 0.15) is 6.61 Å². The molecule has 0 rings (SSSR count). The standard InChI is InChI=1S/C7H12O4/c1-3-6(7(9)10)4-11-5(2)8/h6H,3-4H2,1-2H3,(H,9,10). The highest BCUT2D eigenvalue weighted by Gasteiger charge is 2.15. The number of aliphatic carboxylic acids is 1. The summed E-state index contributed by atoms with van der Waals surface area (Å²) in [5.41, 5.74) is 0. The predicted molar refractivity (Wildman–Crippen MR) is 38.0 cm³/mol. The van der Waals surface area contributed by atoms with Crippen molar-refractivity contribution in [1.29, 1.82) is 0 Å². The maximum atomic E-state index is 10.4. The van der Waals surface area contributed by atoms with Gasteiger partial charge in [0.2, 0.25) is 0 Å². The molecule has 0 bridgehead atoms. The largest absolute Gasteiger partial charge is 0.481 e. The van der Waals surface area contributed by atoms with E-state index < -0.39 is 17.9 Å². The van der Waals surface area contributed by atoms with Gasteiger partial charge in [0.15, 0.2) is 0 Å². The first-order valence-electron chi connectivity index (χ1n) is 3.44. The second kappa shape index (κ2) is 4.71. The second-order valence-corrected chi connectivity index (χ2v) is 2.25. The Bertz CT molecular complexity index is 153. The van der Waals surface area contributed by atoms with E-state index in [9.17, 15) is 9.59 Å². The number of hydrogen-bond acceptors (Lipinski definition) is 3. The highest BCUT2D eigenvalue weighted by atomic mass is 16.5. The van der Waals surface area contributed by atoms with Crippen LogP contribution >= 0.6 is 0 Å². The van der Waals surface area contributed by atoms with Crippen LogP contribution in [0, 0.1) is 5.92 Å². The molecule has 0 aromatic heterocycles. The molecule has 1 unspecified atom stereocenters. The van der Waals surface area contributed by atoms with Gasteiger partial charge in [-0.1, -0.05) is 6.92 Å². The average molecular weight is 160 g/mol. The number of ether oxygens (including phenoxy) is 1. The zero-order valence-corrected chi connectivity index (χ0v) is 6.66. The minimum absolute atomic E-state index is 0.0266. The molecule has 11 heavy (non-hydrogen) atoms. The van der Waals surface area contributed by atoms with Crippen LogP contribution in [0.25, 0.3) is 0 Å². The molecule has 4 heteroatoms. The van der Waals surface area contributed by atoms with E-state index in [2.05, 4.69) is 4.74 Å². The van der Waals surface area contributed by atoms with Crippen LogP contribution in [-0.4, -0.2) is 23.7 Å². The summed E-state index contributed by atoms with van der Waals surface area (Å²) in [6.45, 7) is 2.97. The first-order valence-corrected chi connectivity index (χ1v) is 3.44. The number of carbonyl (C=O) groups excluding carboxylic acids is 1. The summed E-state index contributed by atoms with van der Waals surface area (Å²) in [6.07, 6.45) is 0.475. The Morgan fingerprint density at radius 2 is 2.09 bits per heavy atom. The van der Waals surface area contributed by atoms with E-state index in [4.69, 9.17) is 5.11 Å². The Morgan fingerprint density at radius 3 is 2.36 bits per heavy atom. The van der Waals surface area contributed by atoms with Crippen molar-refractivity contribution in [2.24, 2.45) is 5.92 Å². The molecule has 0 aromatic rings. The number of carboxylic acids is 1. The average Bonchev–Trinajstić information content (AvgIpc) is 1.87. The molecule has 0 spiro atoms. The van der Waals surface area contributed by atoms with Crippen LogP contribution < -0.4 is 0 Å². The van der Waals surface area contributed by atoms with Crippen LogP contribution in [0.4, 0.5) is 0 Å². The van der Waals surface area contributed by atoms with Gasteiger partial charge in [-0.15, -0.1) is 0 Å². The molecule has 4 nitrogen and oxygen atoms in total. The lowest BCUT2D eigenvalue weighted by Crippen LogP contribution is -2.20. The molecule has 1 atom stereocenters. The van der Waals surface area contributed by atoms with E-state index >= 15 is 0 Å². The Morgan fingerprint density at radius 1 is 1.55 bits per heavy atom. The van der Waals surface area contributed by atoms with Gasteiger partial charge in [-0.2, -0.15) is 0 Å². The lowest BCUT2D eigenvalue weighted by molar-refractivity contribution is -0.149. The number of hydrogen-bond donors (Lipinski definition) is 1. The number of rotatable bonds is 4. The smallest absolute Gasteiger partial charge is 0.309 e. The Balaban J connectivity index is 3.70. The lowest BCUT2D eigenvalue weighted by Gasteiger charge is -2.08. The van der Waals surface area contributed by atoms with Gasteiger partial charge >= 0.3 is 11.9 Å². The zero-order chi connectivity index (χ0) is 8.85. The maximum Gasteiger partial charge on any atom is 0.309 e. The zero-order valence-electron chi connectivity index (χ0n) is 6.66. The molecule has 0 amide bonds. The first kappa shape index (κ1) is 9.94. The molecule has 0 heterocycles. The third-order valence-electron chi connectivity index (χ3n) is 1.33. The van der Waals surface area contributed by atoms with E-state index in [0.29, 0.717) is 6.42 Å². The monoisotopic (exact) mass is 160 g/mol. The SMILES string of the molecule is CCC(COC(C)=O)C(=O)O. The van der Waals surface area contributed by atoms with Crippen molar-refractivity contribution in [3.05, 3.63) is 0 Å². The summed E-state index contributed by atoms with van der Waals surface area (Å²) in [5, 5.41) is 8.49. The normalized spacial score (nSPS) is 12.2.